The van der Waals surface area contributed by atoms with Gasteiger partial charge in [-0.15, -0.1) is 0 Å². The van der Waals surface area contributed by atoms with Gasteiger partial charge in [0.2, 0.25) is 5.88 Å². The Hall–Kier alpha value is -1.01. The summed E-state index contributed by atoms with van der Waals surface area (Å²) in [6.07, 6.45) is 3.37. The van der Waals surface area contributed by atoms with E-state index in [1.165, 1.54) is 11.8 Å². The molecule has 2 heterocycles. The molecule has 0 bridgehead atoms. The maximum atomic E-state index is 9.53. The largest absolute Gasteiger partial charge is 0.478 e. The fraction of sp³-hybridized carbons (Fsp3) is 0.667. The highest BCUT2D eigenvalue weighted by Gasteiger charge is 2.19. The predicted molar refractivity (Wildman–Crippen MR) is 72.4 cm³/mol. The molecule has 1 aromatic rings. The summed E-state index contributed by atoms with van der Waals surface area (Å²) in [5.41, 5.74) is 0. The molecule has 0 radical (unpaired) electrons. The van der Waals surface area contributed by atoms with Crippen molar-refractivity contribution in [3.63, 3.8) is 0 Å². The summed E-state index contributed by atoms with van der Waals surface area (Å²) in [7, 11) is 0. The third kappa shape index (κ3) is 3.26. The number of hydrogen-bond donors (Lipinski definition) is 1. The Morgan fingerprint density at radius 1 is 1.44 bits per heavy atom. The minimum atomic E-state index is -0.172. The van der Waals surface area contributed by atoms with Crippen LogP contribution in [0, 0.1) is 0 Å². The number of ether oxygens (including phenoxy) is 1. The molecule has 1 aliphatic heterocycles. The summed E-state index contributed by atoms with van der Waals surface area (Å²) in [5.74, 6) is 1.52. The summed E-state index contributed by atoms with van der Waals surface area (Å²) in [6, 6.07) is 1.88. The van der Waals surface area contributed by atoms with Crippen molar-refractivity contribution in [3.05, 3.63) is 6.07 Å². The molecular weight excluding hydrogens is 250 g/mol. The van der Waals surface area contributed by atoms with E-state index in [0.717, 1.165) is 36.9 Å². The highest BCUT2D eigenvalue weighted by atomic mass is 32.2. The molecule has 18 heavy (non-hydrogen) atoms. The maximum Gasteiger partial charge on any atom is 0.219 e. The van der Waals surface area contributed by atoms with E-state index >= 15 is 0 Å². The normalized spacial score (nSPS) is 16.9. The maximum absolute atomic E-state index is 9.53. The Kier molecular flexibility index (Phi) is 4.66. The van der Waals surface area contributed by atoms with E-state index in [-0.39, 0.29) is 6.10 Å². The lowest BCUT2D eigenvalue weighted by molar-refractivity contribution is 0.145. The van der Waals surface area contributed by atoms with Crippen LogP contribution in [0.1, 0.15) is 19.8 Å². The standard InChI is InChI=1S/C12H19N3O2S/c1-3-17-11-8-10(13-12(14-11)18-2)15-6-4-9(16)5-7-15/h8-9,16H,3-7H2,1-2H3. The number of rotatable bonds is 4. The first-order valence-electron chi connectivity index (χ1n) is 6.21. The van der Waals surface area contributed by atoms with E-state index in [4.69, 9.17) is 4.74 Å². The predicted octanol–water partition coefficient (Wildman–Crippen LogP) is 1.56. The Morgan fingerprint density at radius 3 is 2.78 bits per heavy atom. The van der Waals surface area contributed by atoms with Crippen molar-refractivity contribution in [2.75, 3.05) is 30.9 Å². The molecule has 1 aromatic heterocycles. The van der Waals surface area contributed by atoms with Gasteiger partial charge in [-0.1, -0.05) is 11.8 Å². The third-order valence-electron chi connectivity index (χ3n) is 2.93. The number of thioether (sulfide) groups is 1. The van der Waals surface area contributed by atoms with Crippen LogP contribution in [0.5, 0.6) is 5.88 Å². The van der Waals surface area contributed by atoms with Crippen molar-refractivity contribution in [1.82, 2.24) is 9.97 Å². The molecule has 0 amide bonds. The van der Waals surface area contributed by atoms with Crippen molar-refractivity contribution in [2.24, 2.45) is 0 Å². The highest BCUT2D eigenvalue weighted by Crippen LogP contribution is 2.24. The second-order valence-corrected chi connectivity index (χ2v) is 4.98. The van der Waals surface area contributed by atoms with Gasteiger partial charge in [0.15, 0.2) is 5.16 Å². The fourth-order valence-electron chi connectivity index (χ4n) is 1.96. The van der Waals surface area contributed by atoms with Crippen LogP contribution in [-0.4, -0.2) is 47.1 Å². The van der Waals surface area contributed by atoms with Gasteiger partial charge >= 0.3 is 0 Å². The molecule has 1 fully saturated rings. The molecule has 0 unspecified atom stereocenters. The van der Waals surface area contributed by atoms with E-state index < -0.39 is 0 Å². The quantitative estimate of drug-likeness (QED) is 0.661. The number of piperidine rings is 1. The number of aliphatic hydroxyl groups excluding tert-OH is 1. The number of aliphatic hydroxyl groups is 1. The third-order valence-corrected chi connectivity index (χ3v) is 3.48. The van der Waals surface area contributed by atoms with Crippen LogP contribution in [0.3, 0.4) is 0 Å². The molecule has 1 saturated heterocycles. The summed E-state index contributed by atoms with van der Waals surface area (Å²) >= 11 is 1.51. The number of hydrogen-bond acceptors (Lipinski definition) is 6. The van der Waals surface area contributed by atoms with Gasteiger partial charge in [-0.25, -0.2) is 4.98 Å². The van der Waals surface area contributed by atoms with Crippen LogP contribution in [-0.2, 0) is 0 Å². The molecule has 0 aliphatic carbocycles. The molecule has 5 nitrogen and oxygen atoms in total. The second kappa shape index (κ2) is 6.24. The SMILES string of the molecule is CCOc1cc(N2CCC(O)CC2)nc(SC)n1. The molecule has 6 heteroatoms. The second-order valence-electron chi connectivity index (χ2n) is 4.20. The van der Waals surface area contributed by atoms with Gasteiger partial charge in [0.25, 0.3) is 0 Å². The monoisotopic (exact) mass is 269 g/mol. The molecule has 0 spiro atoms. The summed E-state index contributed by atoms with van der Waals surface area (Å²) in [4.78, 5) is 11.0. The van der Waals surface area contributed by atoms with Gasteiger partial charge in [-0.05, 0) is 26.0 Å². The highest BCUT2D eigenvalue weighted by molar-refractivity contribution is 7.98. The van der Waals surface area contributed by atoms with Gasteiger partial charge in [-0.2, -0.15) is 4.98 Å². The first kappa shape index (κ1) is 13.4. The number of aromatic nitrogens is 2. The van der Waals surface area contributed by atoms with Crippen molar-refractivity contribution >= 4 is 17.6 Å². The lowest BCUT2D eigenvalue weighted by Gasteiger charge is -2.30. The Labute approximate surface area is 112 Å². The summed E-state index contributed by atoms with van der Waals surface area (Å²) in [6.45, 7) is 4.20. The lowest BCUT2D eigenvalue weighted by Crippen LogP contribution is -2.36. The molecular formula is C12H19N3O2S. The van der Waals surface area contributed by atoms with Crippen LogP contribution in [0.15, 0.2) is 11.2 Å². The Bertz CT molecular complexity index is 395. The van der Waals surface area contributed by atoms with Gasteiger partial charge < -0.3 is 14.7 Å². The fourth-order valence-corrected chi connectivity index (χ4v) is 2.33. The smallest absolute Gasteiger partial charge is 0.219 e. The zero-order chi connectivity index (χ0) is 13.0. The number of anilines is 1. The zero-order valence-corrected chi connectivity index (χ0v) is 11.6. The summed E-state index contributed by atoms with van der Waals surface area (Å²) < 4.78 is 5.46. The molecule has 0 saturated carbocycles. The van der Waals surface area contributed by atoms with Crippen molar-refractivity contribution in [3.8, 4) is 5.88 Å². The molecule has 100 valence electrons. The van der Waals surface area contributed by atoms with Crippen LogP contribution in [0.2, 0.25) is 0 Å². The van der Waals surface area contributed by atoms with E-state index in [2.05, 4.69) is 14.9 Å². The molecule has 1 aliphatic rings. The van der Waals surface area contributed by atoms with Gasteiger partial charge in [0.05, 0.1) is 12.7 Å². The van der Waals surface area contributed by atoms with Crippen molar-refractivity contribution in [1.29, 1.82) is 0 Å². The average molecular weight is 269 g/mol. The number of nitrogens with zero attached hydrogens (tertiary/aromatic N) is 3. The first-order valence-corrected chi connectivity index (χ1v) is 7.44. The van der Waals surface area contributed by atoms with E-state index in [1.807, 2.05) is 19.2 Å². The van der Waals surface area contributed by atoms with Gasteiger partial charge in [0, 0.05) is 19.2 Å². The van der Waals surface area contributed by atoms with Crippen LogP contribution in [0.4, 0.5) is 5.82 Å². The summed E-state index contributed by atoms with van der Waals surface area (Å²) in [5, 5.41) is 10.2. The van der Waals surface area contributed by atoms with E-state index in [0.29, 0.717) is 12.5 Å². The Balaban J connectivity index is 2.17. The van der Waals surface area contributed by atoms with Crippen molar-refractivity contribution in [2.45, 2.75) is 31.0 Å². The minimum absolute atomic E-state index is 0.172. The molecule has 2 rings (SSSR count). The van der Waals surface area contributed by atoms with Crippen LogP contribution < -0.4 is 9.64 Å². The van der Waals surface area contributed by atoms with Gasteiger partial charge in [-0.3, -0.25) is 0 Å². The topological polar surface area (TPSA) is 58.5 Å². The molecule has 0 aromatic carbocycles. The molecule has 1 N–H and O–H groups in total. The van der Waals surface area contributed by atoms with Crippen LogP contribution in [0.25, 0.3) is 0 Å². The van der Waals surface area contributed by atoms with Crippen LogP contribution >= 0.6 is 11.8 Å². The molecule has 0 atom stereocenters. The van der Waals surface area contributed by atoms with Crippen molar-refractivity contribution < 1.29 is 9.84 Å². The van der Waals surface area contributed by atoms with Gasteiger partial charge in [0.1, 0.15) is 5.82 Å². The minimum Gasteiger partial charge on any atom is -0.478 e. The van der Waals surface area contributed by atoms with E-state index in [1.54, 1.807) is 0 Å². The average Bonchev–Trinajstić information content (AvgIpc) is 2.39. The Morgan fingerprint density at radius 2 is 2.17 bits per heavy atom. The van der Waals surface area contributed by atoms with E-state index in [9.17, 15) is 5.11 Å². The zero-order valence-electron chi connectivity index (χ0n) is 10.8. The lowest BCUT2D eigenvalue weighted by atomic mass is 10.1. The first-order chi connectivity index (χ1) is 8.72.